The van der Waals surface area contributed by atoms with Gasteiger partial charge in [-0.1, -0.05) is 13.8 Å². The van der Waals surface area contributed by atoms with Crippen LogP contribution in [0.1, 0.15) is 33.1 Å². The number of amides is 1. The van der Waals surface area contributed by atoms with E-state index in [1.54, 1.807) is 0 Å². The van der Waals surface area contributed by atoms with Crippen LogP contribution in [0.4, 0.5) is 0 Å². The van der Waals surface area contributed by atoms with Crippen molar-refractivity contribution in [2.75, 3.05) is 5.88 Å². The molecule has 82 valence electrons. The monoisotopic (exact) mass is 219 g/mol. The summed E-state index contributed by atoms with van der Waals surface area (Å²) in [7, 11) is 0. The van der Waals surface area contributed by atoms with Crippen LogP contribution in [0.2, 0.25) is 0 Å². The molecule has 1 rings (SSSR count). The molecule has 0 radical (unpaired) electrons. The van der Waals surface area contributed by atoms with Crippen molar-refractivity contribution >= 4 is 17.5 Å². The summed E-state index contributed by atoms with van der Waals surface area (Å²) in [5.74, 6) is 0.556. The van der Waals surface area contributed by atoms with Gasteiger partial charge in [0.15, 0.2) is 0 Å². The van der Waals surface area contributed by atoms with Crippen molar-refractivity contribution in [1.29, 1.82) is 0 Å². The molecule has 0 saturated heterocycles. The predicted octanol–water partition coefficient (Wildman–Crippen LogP) is 1.28. The van der Waals surface area contributed by atoms with Crippen LogP contribution in [0, 0.1) is 5.41 Å². The molecule has 4 heteroatoms. The number of carbonyl (C=O) groups excluding carboxylic acids is 1. The number of hydrogen-bond acceptors (Lipinski definition) is 2. The third kappa shape index (κ3) is 2.39. The summed E-state index contributed by atoms with van der Waals surface area (Å²) in [5.41, 5.74) is -0.184. The molecule has 0 aromatic heterocycles. The minimum absolute atomic E-state index is 0.0376. The van der Waals surface area contributed by atoms with E-state index in [1.807, 2.05) is 13.8 Å². The zero-order valence-electron chi connectivity index (χ0n) is 8.72. The third-order valence-corrected chi connectivity index (χ3v) is 3.36. The summed E-state index contributed by atoms with van der Waals surface area (Å²) >= 11 is 5.49. The van der Waals surface area contributed by atoms with Crippen molar-refractivity contribution in [2.45, 2.75) is 45.3 Å². The minimum Gasteiger partial charge on any atom is -0.392 e. The maximum absolute atomic E-state index is 11.3. The smallest absolute Gasteiger partial charge is 0.220 e. The summed E-state index contributed by atoms with van der Waals surface area (Å²) in [5, 5.41) is 12.4. The first-order valence-corrected chi connectivity index (χ1v) is 5.55. The van der Waals surface area contributed by atoms with Crippen molar-refractivity contribution < 1.29 is 9.90 Å². The van der Waals surface area contributed by atoms with Crippen LogP contribution >= 0.6 is 11.6 Å². The molecule has 1 aliphatic rings. The molecule has 0 aromatic carbocycles. The van der Waals surface area contributed by atoms with Gasteiger partial charge in [0.1, 0.15) is 0 Å². The van der Waals surface area contributed by atoms with Crippen LogP contribution in [0.3, 0.4) is 0 Å². The summed E-state index contributed by atoms with van der Waals surface area (Å²) in [6.07, 6.45) is 1.57. The quantitative estimate of drug-likeness (QED) is 0.700. The van der Waals surface area contributed by atoms with Gasteiger partial charge in [-0.3, -0.25) is 4.79 Å². The highest BCUT2D eigenvalue weighted by molar-refractivity contribution is 6.17. The zero-order chi connectivity index (χ0) is 10.8. The van der Waals surface area contributed by atoms with E-state index < -0.39 is 0 Å². The van der Waals surface area contributed by atoms with Crippen molar-refractivity contribution in [3.8, 4) is 0 Å². The number of nitrogens with one attached hydrogen (secondary N) is 1. The Balaban J connectivity index is 2.29. The van der Waals surface area contributed by atoms with Crippen molar-refractivity contribution in [3.63, 3.8) is 0 Å². The molecule has 1 saturated carbocycles. The number of halogens is 1. The average Bonchev–Trinajstić information content (AvgIpc) is 2.14. The lowest BCUT2D eigenvalue weighted by molar-refractivity contribution is -0.129. The Hall–Kier alpha value is -0.280. The molecule has 1 amide bonds. The zero-order valence-corrected chi connectivity index (χ0v) is 9.47. The highest BCUT2D eigenvalue weighted by Gasteiger charge is 2.47. The number of rotatable bonds is 4. The number of alkyl halides is 1. The second kappa shape index (κ2) is 4.49. The van der Waals surface area contributed by atoms with Gasteiger partial charge in [0, 0.05) is 23.8 Å². The normalized spacial score (nSPS) is 29.4. The molecular weight excluding hydrogens is 202 g/mol. The van der Waals surface area contributed by atoms with Crippen LogP contribution in [0.5, 0.6) is 0 Å². The van der Waals surface area contributed by atoms with Crippen LogP contribution < -0.4 is 5.32 Å². The van der Waals surface area contributed by atoms with E-state index in [9.17, 15) is 9.90 Å². The largest absolute Gasteiger partial charge is 0.392 e. The standard InChI is InChI=1S/C10H18ClNO2/c1-10(2)7(6-8(10)13)12-9(14)4-3-5-11/h7-8,13H,3-6H2,1-2H3,(H,12,14). The molecule has 2 atom stereocenters. The number of aliphatic hydroxyl groups is 1. The summed E-state index contributed by atoms with van der Waals surface area (Å²) < 4.78 is 0. The van der Waals surface area contributed by atoms with E-state index in [2.05, 4.69) is 5.32 Å². The molecule has 2 N–H and O–H groups in total. The maximum Gasteiger partial charge on any atom is 0.220 e. The van der Waals surface area contributed by atoms with E-state index in [-0.39, 0.29) is 23.5 Å². The molecular formula is C10H18ClNO2. The highest BCUT2D eigenvalue weighted by atomic mass is 35.5. The van der Waals surface area contributed by atoms with E-state index in [1.165, 1.54) is 0 Å². The first-order valence-electron chi connectivity index (χ1n) is 5.02. The van der Waals surface area contributed by atoms with Crippen LogP contribution in [-0.2, 0) is 4.79 Å². The van der Waals surface area contributed by atoms with Gasteiger partial charge in [-0.05, 0) is 12.8 Å². The molecule has 14 heavy (non-hydrogen) atoms. The highest BCUT2D eigenvalue weighted by Crippen LogP contribution is 2.40. The van der Waals surface area contributed by atoms with Crippen LogP contribution in [0.25, 0.3) is 0 Å². The second-order valence-electron chi connectivity index (χ2n) is 4.49. The van der Waals surface area contributed by atoms with Gasteiger partial charge < -0.3 is 10.4 Å². The van der Waals surface area contributed by atoms with Crippen molar-refractivity contribution in [3.05, 3.63) is 0 Å². The van der Waals surface area contributed by atoms with Gasteiger partial charge in [-0.2, -0.15) is 0 Å². The first kappa shape index (κ1) is 11.8. The van der Waals surface area contributed by atoms with Gasteiger partial charge in [0.25, 0.3) is 0 Å². The van der Waals surface area contributed by atoms with Gasteiger partial charge >= 0.3 is 0 Å². The lowest BCUT2D eigenvalue weighted by atomic mass is 9.64. The first-order chi connectivity index (χ1) is 6.48. The Labute approximate surface area is 89.8 Å². The third-order valence-electron chi connectivity index (χ3n) is 3.09. The molecule has 0 heterocycles. The number of aliphatic hydroxyl groups excluding tert-OH is 1. The summed E-state index contributed by atoms with van der Waals surface area (Å²) in [6.45, 7) is 3.93. The minimum atomic E-state index is -0.291. The Morgan fingerprint density at radius 1 is 1.64 bits per heavy atom. The fourth-order valence-electron chi connectivity index (χ4n) is 1.64. The molecule has 2 unspecified atom stereocenters. The fourth-order valence-corrected chi connectivity index (χ4v) is 1.77. The molecule has 0 bridgehead atoms. The fraction of sp³-hybridized carbons (Fsp3) is 0.900. The predicted molar refractivity (Wildman–Crippen MR) is 56.3 cm³/mol. The lowest BCUT2D eigenvalue weighted by Gasteiger charge is -2.49. The summed E-state index contributed by atoms with van der Waals surface area (Å²) in [6, 6.07) is 0.111. The van der Waals surface area contributed by atoms with Gasteiger partial charge in [-0.15, -0.1) is 11.6 Å². The topological polar surface area (TPSA) is 49.3 Å². The van der Waals surface area contributed by atoms with Crippen molar-refractivity contribution in [2.24, 2.45) is 5.41 Å². The Morgan fingerprint density at radius 3 is 2.71 bits per heavy atom. The Morgan fingerprint density at radius 2 is 2.29 bits per heavy atom. The molecule has 0 aromatic rings. The van der Waals surface area contributed by atoms with Gasteiger partial charge in [-0.25, -0.2) is 0 Å². The maximum atomic E-state index is 11.3. The van der Waals surface area contributed by atoms with Gasteiger partial charge in [0.05, 0.1) is 6.10 Å². The van der Waals surface area contributed by atoms with Crippen molar-refractivity contribution in [1.82, 2.24) is 5.32 Å². The van der Waals surface area contributed by atoms with E-state index in [0.717, 1.165) is 0 Å². The van der Waals surface area contributed by atoms with E-state index in [4.69, 9.17) is 11.6 Å². The van der Waals surface area contributed by atoms with E-state index >= 15 is 0 Å². The molecule has 3 nitrogen and oxygen atoms in total. The Kier molecular flexibility index (Phi) is 3.78. The average molecular weight is 220 g/mol. The number of hydrogen-bond donors (Lipinski definition) is 2. The van der Waals surface area contributed by atoms with Crippen LogP contribution in [-0.4, -0.2) is 29.0 Å². The lowest BCUT2D eigenvalue weighted by Crippen LogP contribution is -2.61. The molecule has 1 fully saturated rings. The Bertz CT molecular complexity index is 218. The molecule has 0 spiro atoms. The SMILES string of the molecule is CC1(C)C(O)CC1NC(=O)CCCCl. The molecule has 1 aliphatic carbocycles. The molecule has 0 aliphatic heterocycles. The van der Waals surface area contributed by atoms with E-state index in [0.29, 0.717) is 25.1 Å². The summed E-state index contributed by atoms with van der Waals surface area (Å²) in [4.78, 5) is 11.3. The number of carbonyl (C=O) groups is 1. The van der Waals surface area contributed by atoms with Gasteiger partial charge in [0.2, 0.25) is 5.91 Å². The second-order valence-corrected chi connectivity index (χ2v) is 4.86. The van der Waals surface area contributed by atoms with Crippen LogP contribution in [0.15, 0.2) is 0 Å².